The lowest BCUT2D eigenvalue weighted by Crippen LogP contribution is -2.28. The van der Waals surface area contributed by atoms with E-state index in [1.807, 2.05) is 0 Å². The van der Waals surface area contributed by atoms with Crippen molar-refractivity contribution in [2.75, 3.05) is 33.0 Å². The number of nitrogens with two attached hydrogens (primary N) is 1. The van der Waals surface area contributed by atoms with Gasteiger partial charge in [-0.15, -0.1) is 0 Å². The summed E-state index contributed by atoms with van der Waals surface area (Å²) in [6.07, 6.45) is 39.0. The Labute approximate surface area is 296 Å². The number of hydrogen-bond donors (Lipinski definition) is 2. The van der Waals surface area contributed by atoms with Crippen LogP contribution in [0.15, 0.2) is 24.3 Å². The van der Waals surface area contributed by atoms with Crippen LogP contribution in [-0.2, 0) is 27.9 Å². The summed E-state index contributed by atoms with van der Waals surface area (Å²) >= 11 is 0. The molecule has 284 valence electrons. The molecule has 48 heavy (non-hydrogen) atoms. The first-order valence-corrected chi connectivity index (χ1v) is 21.3. The van der Waals surface area contributed by atoms with Crippen LogP contribution in [0, 0.1) is 0 Å². The first-order chi connectivity index (χ1) is 23.4. The van der Waals surface area contributed by atoms with E-state index in [-0.39, 0.29) is 32.3 Å². The zero-order valence-electron chi connectivity index (χ0n) is 31.2. The number of esters is 1. The Morgan fingerprint density at radius 1 is 0.604 bits per heavy atom. The second-order valence-corrected chi connectivity index (χ2v) is 14.6. The number of carbonyl (C=O) groups excluding carboxylic acids is 1. The average molecular weight is 702 g/mol. The lowest BCUT2D eigenvalue weighted by molar-refractivity contribution is -0.154. The molecule has 0 rings (SSSR count). The number of phosphoric ester groups is 1. The van der Waals surface area contributed by atoms with E-state index in [9.17, 15) is 14.3 Å². The first kappa shape index (κ1) is 47.0. The molecular weight excluding hydrogens is 625 g/mol. The summed E-state index contributed by atoms with van der Waals surface area (Å²) in [6.45, 7) is 4.85. The van der Waals surface area contributed by atoms with Gasteiger partial charge < -0.3 is 20.1 Å². The Bertz CT molecular complexity index is 792. The maximum atomic E-state index is 12.5. The van der Waals surface area contributed by atoms with Crippen molar-refractivity contribution in [2.45, 2.75) is 187 Å². The lowest BCUT2D eigenvalue weighted by atomic mass is 10.1. The molecule has 2 unspecified atom stereocenters. The third kappa shape index (κ3) is 36.3. The Morgan fingerprint density at radius 3 is 1.60 bits per heavy atom. The molecule has 0 fully saturated rings. The molecule has 0 saturated carbocycles. The Balaban J connectivity index is 4.04. The van der Waals surface area contributed by atoms with Crippen LogP contribution >= 0.6 is 7.82 Å². The molecule has 0 aromatic carbocycles. The fourth-order valence-corrected chi connectivity index (χ4v) is 6.17. The summed E-state index contributed by atoms with van der Waals surface area (Å²) in [4.78, 5) is 22.4. The van der Waals surface area contributed by atoms with Gasteiger partial charge in [0.2, 0.25) is 0 Å². The first-order valence-electron chi connectivity index (χ1n) is 19.8. The normalized spacial score (nSPS) is 13.8. The lowest BCUT2D eigenvalue weighted by Gasteiger charge is -2.20. The van der Waals surface area contributed by atoms with E-state index < -0.39 is 13.9 Å². The van der Waals surface area contributed by atoms with Gasteiger partial charge in [-0.3, -0.25) is 13.8 Å². The van der Waals surface area contributed by atoms with Gasteiger partial charge in [-0.1, -0.05) is 141 Å². The highest BCUT2D eigenvalue weighted by Gasteiger charge is 2.25. The quantitative estimate of drug-likeness (QED) is 0.0283. The SMILES string of the molecule is CCC/C=C\CCCCCCCCOCC(COP(=O)(O)OCCN)OC(=O)CCCCCCCCC/C=C\CCCCCCCCC. The van der Waals surface area contributed by atoms with E-state index in [2.05, 4.69) is 38.2 Å². The summed E-state index contributed by atoms with van der Waals surface area (Å²) in [7, 11) is -4.27. The molecule has 0 aliphatic heterocycles. The zero-order chi connectivity index (χ0) is 35.2. The van der Waals surface area contributed by atoms with E-state index in [1.54, 1.807) is 0 Å². The average Bonchev–Trinajstić information content (AvgIpc) is 3.07. The predicted octanol–water partition coefficient (Wildman–Crippen LogP) is 11.3. The molecule has 0 saturated heterocycles. The maximum Gasteiger partial charge on any atom is 0.472 e. The van der Waals surface area contributed by atoms with Crippen LogP contribution in [0.4, 0.5) is 0 Å². The van der Waals surface area contributed by atoms with Crippen molar-refractivity contribution in [1.29, 1.82) is 0 Å². The fourth-order valence-electron chi connectivity index (χ4n) is 5.40. The van der Waals surface area contributed by atoms with Gasteiger partial charge in [0.25, 0.3) is 0 Å². The van der Waals surface area contributed by atoms with Gasteiger partial charge in [0.15, 0.2) is 0 Å². The minimum Gasteiger partial charge on any atom is -0.457 e. The van der Waals surface area contributed by atoms with Gasteiger partial charge in [-0.05, 0) is 57.8 Å². The Morgan fingerprint density at radius 2 is 1.08 bits per heavy atom. The number of phosphoric acid groups is 1. The number of carbonyl (C=O) groups is 1. The standard InChI is InChI=1S/C39H76NO7P/c1-3-5-7-9-11-13-15-16-17-18-19-20-21-22-24-26-28-30-32-39(41)47-38(37-46-48(42,43)45-35-33-40)36-44-34-31-29-27-25-23-14-12-10-8-6-4-2/h8,10,17-18,38H,3-7,9,11-16,19-37,40H2,1-2H3,(H,42,43)/b10-8-,18-17-. The molecule has 0 aliphatic rings. The highest BCUT2D eigenvalue weighted by Crippen LogP contribution is 2.43. The van der Waals surface area contributed by atoms with Crippen LogP contribution in [0.1, 0.15) is 181 Å². The summed E-state index contributed by atoms with van der Waals surface area (Å²) in [6, 6.07) is 0. The number of hydrogen-bond acceptors (Lipinski definition) is 7. The van der Waals surface area contributed by atoms with Gasteiger partial charge in [-0.2, -0.15) is 0 Å². The van der Waals surface area contributed by atoms with Gasteiger partial charge >= 0.3 is 13.8 Å². The topological polar surface area (TPSA) is 117 Å². The smallest absolute Gasteiger partial charge is 0.457 e. The highest BCUT2D eigenvalue weighted by atomic mass is 31.2. The molecule has 9 heteroatoms. The highest BCUT2D eigenvalue weighted by molar-refractivity contribution is 7.47. The van der Waals surface area contributed by atoms with Crippen LogP contribution in [0.3, 0.4) is 0 Å². The fraction of sp³-hybridized carbons (Fsp3) is 0.872. The minimum absolute atomic E-state index is 0.0965. The molecule has 0 spiro atoms. The second-order valence-electron chi connectivity index (χ2n) is 13.1. The molecule has 0 radical (unpaired) electrons. The number of allylic oxidation sites excluding steroid dienone is 4. The van der Waals surface area contributed by atoms with E-state index in [0.29, 0.717) is 13.0 Å². The van der Waals surface area contributed by atoms with E-state index in [4.69, 9.17) is 24.3 Å². The van der Waals surface area contributed by atoms with Crippen LogP contribution in [-0.4, -0.2) is 49.9 Å². The van der Waals surface area contributed by atoms with Crippen molar-refractivity contribution >= 4 is 13.8 Å². The molecule has 3 N–H and O–H groups in total. The van der Waals surface area contributed by atoms with Crippen molar-refractivity contribution < 1.29 is 32.8 Å². The second kappa shape index (κ2) is 37.2. The van der Waals surface area contributed by atoms with E-state index in [1.165, 1.54) is 128 Å². The van der Waals surface area contributed by atoms with Crippen molar-refractivity contribution in [1.82, 2.24) is 0 Å². The molecule has 0 aromatic rings. The van der Waals surface area contributed by atoms with Crippen molar-refractivity contribution in [3.8, 4) is 0 Å². The molecule has 8 nitrogen and oxygen atoms in total. The minimum atomic E-state index is -4.27. The maximum absolute atomic E-state index is 12.5. The summed E-state index contributed by atoms with van der Waals surface area (Å²) in [5.41, 5.74) is 5.35. The zero-order valence-corrected chi connectivity index (χ0v) is 32.1. The van der Waals surface area contributed by atoms with Gasteiger partial charge in [0.1, 0.15) is 6.10 Å². The van der Waals surface area contributed by atoms with Crippen molar-refractivity contribution in [3.63, 3.8) is 0 Å². The predicted molar refractivity (Wildman–Crippen MR) is 201 cm³/mol. The third-order valence-corrected chi connectivity index (χ3v) is 9.31. The van der Waals surface area contributed by atoms with Crippen LogP contribution in [0.2, 0.25) is 0 Å². The van der Waals surface area contributed by atoms with Gasteiger partial charge in [0, 0.05) is 19.6 Å². The van der Waals surface area contributed by atoms with Crippen LogP contribution in [0.5, 0.6) is 0 Å². The monoisotopic (exact) mass is 702 g/mol. The summed E-state index contributed by atoms with van der Waals surface area (Å²) in [5, 5.41) is 0. The summed E-state index contributed by atoms with van der Waals surface area (Å²) in [5.74, 6) is -0.337. The molecule has 0 aliphatic carbocycles. The number of rotatable bonds is 38. The van der Waals surface area contributed by atoms with Gasteiger partial charge in [0.05, 0.1) is 19.8 Å². The third-order valence-electron chi connectivity index (χ3n) is 8.32. The van der Waals surface area contributed by atoms with E-state index >= 15 is 0 Å². The molecule has 0 heterocycles. The van der Waals surface area contributed by atoms with Crippen molar-refractivity contribution in [2.24, 2.45) is 5.73 Å². The number of unbranched alkanes of at least 4 members (excludes halogenated alkanes) is 21. The van der Waals surface area contributed by atoms with Crippen LogP contribution in [0.25, 0.3) is 0 Å². The Kier molecular flexibility index (Phi) is 36.4. The molecular formula is C39H76NO7P. The van der Waals surface area contributed by atoms with Crippen LogP contribution < -0.4 is 5.73 Å². The Hall–Kier alpha value is -1.02. The summed E-state index contributed by atoms with van der Waals surface area (Å²) < 4.78 is 33.3. The molecule has 0 aromatic heterocycles. The van der Waals surface area contributed by atoms with Crippen molar-refractivity contribution in [3.05, 3.63) is 24.3 Å². The molecule has 0 bridgehead atoms. The molecule has 2 atom stereocenters. The van der Waals surface area contributed by atoms with E-state index in [0.717, 1.165) is 32.1 Å². The molecule has 0 amide bonds. The number of ether oxygens (including phenoxy) is 2. The van der Waals surface area contributed by atoms with Gasteiger partial charge in [-0.25, -0.2) is 4.57 Å². The largest absolute Gasteiger partial charge is 0.472 e.